The summed E-state index contributed by atoms with van der Waals surface area (Å²) in [7, 11) is 0. The maximum Gasteiger partial charge on any atom is 0.141 e. The van der Waals surface area contributed by atoms with Crippen LogP contribution in [0.1, 0.15) is 12.5 Å². The molecule has 4 rings (SSSR count). The van der Waals surface area contributed by atoms with E-state index in [0.29, 0.717) is 5.82 Å². The number of para-hydroxylation sites is 1. The van der Waals surface area contributed by atoms with Crippen LogP contribution in [0.2, 0.25) is 0 Å². The van der Waals surface area contributed by atoms with Crippen molar-refractivity contribution in [1.29, 1.82) is 0 Å². The molecule has 2 atom stereocenters. The van der Waals surface area contributed by atoms with Gasteiger partial charge >= 0.3 is 0 Å². The molecule has 154 valence electrons. The van der Waals surface area contributed by atoms with E-state index >= 15 is 0 Å². The minimum Gasteiger partial charge on any atom is -0.457 e. The number of aliphatic hydroxyl groups excluding tert-OH is 1. The van der Waals surface area contributed by atoms with E-state index < -0.39 is 12.1 Å². The standard InChI is InChI=1S/C25H22N4O2/c1-17(26)24(30)14-8-18-7-13-23-22(15-18)25(28-16-27-23)29-19-9-11-21(12-10-19)31-20-5-3-2-4-6-20/h2-7,9-13,15-17,24,30H,26H2,1H3,(H,27,28,29). The maximum absolute atomic E-state index is 9.82. The number of ether oxygens (including phenoxy) is 1. The van der Waals surface area contributed by atoms with Gasteiger partial charge in [-0.15, -0.1) is 0 Å². The largest absolute Gasteiger partial charge is 0.457 e. The molecule has 2 unspecified atom stereocenters. The van der Waals surface area contributed by atoms with Crippen molar-refractivity contribution in [3.05, 3.63) is 84.7 Å². The third-order valence-corrected chi connectivity index (χ3v) is 4.59. The van der Waals surface area contributed by atoms with E-state index in [9.17, 15) is 5.11 Å². The Hall–Kier alpha value is -3.92. The number of fused-ring (bicyclic) bond motifs is 1. The lowest BCUT2D eigenvalue weighted by Gasteiger charge is -2.10. The third-order valence-electron chi connectivity index (χ3n) is 4.59. The van der Waals surface area contributed by atoms with Crippen molar-refractivity contribution >= 4 is 22.4 Å². The number of nitrogens with two attached hydrogens (primary N) is 1. The molecule has 4 aromatic rings. The first-order chi connectivity index (χ1) is 15.1. The zero-order chi connectivity index (χ0) is 21.6. The highest BCUT2D eigenvalue weighted by Gasteiger charge is 2.07. The predicted molar refractivity (Wildman–Crippen MR) is 122 cm³/mol. The normalized spacial score (nSPS) is 12.5. The molecule has 0 saturated heterocycles. The van der Waals surface area contributed by atoms with Crippen LogP contribution in [0.4, 0.5) is 11.5 Å². The minimum absolute atomic E-state index is 0.414. The number of nitrogens with zero attached hydrogens (tertiary/aromatic N) is 2. The van der Waals surface area contributed by atoms with Crippen molar-refractivity contribution in [2.75, 3.05) is 5.32 Å². The number of anilines is 2. The second-order valence-corrected chi connectivity index (χ2v) is 7.09. The molecule has 3 aromatic carbocycles. The van der Waals surface area contributed by atoms with E-state index in [2.05, 4.69) is 27.1 Å². The van der Waals surface area contributed by atoms with E-state index in [1.54, 1.807) is 6.92 Å². The van der Waals surface area contributed by atoms with Crippen molar-refractivity contribution in [3.8, 4) is 23.3 Å². The molecule has 1 heterocycles. The van der Waals surface area contributed by atoms with Crippen LogP contribution in [-0.4, -0.2) is 27.2 Å². The average molecular weight is 410 g/mol. The van der Waals surface area contributed by atoms with Gasteiger partial charge < -0.3 is 20.9 Å². The van der Waals surface area contributed by atoms with Crippen molar-refractivity contribution < 1.29 is 9.84 Å². The number of aromatic nitrogens is 2. The number of hydrogen-bond acceptors (Lipinski definition) is 6. The molecule has 0 saturated carbocycles. The van der Waals surface area contributed by atoms with Gasteiger partial charge in [0, 0.05) is 22.7 Å². The Balaban J connectivity index is 1.55. The lowest BCUT2D eigenvalue weighted by molar-refractivity contribution is 0.207. The molecular formula is C25H22N4O2. The van der Waals surface area contributed by atoms with Gasteiger partial charge in [0.1, 0.15) is 29.7 Å². The van der Waals surface area contributed by atoms with E-state index in [0.717, 1.165) is 33.7 Å². The number of benzene rings is 3. The van der Waals surface area contributed by atoms with E-state index in [4.69, 9.17) is 10.5 Å². The first kappa shape index (κ1) is 20.4. The molecule has 0 spiro atoms. The molecule has 0 aliphatic heterocycles. The van der Waals surface area contributed by atoms with Gasteiger partial charge in [0.05, 0.1) is 5.52 Å². The summed E-state index contributed by atoms with van der Waals surface area (Å²) in [5.74, 6) is 7.92. The Morgan fingerprint density at radius 2 is 1.71 bits per heavy atom. The lowest BCUT2D eigenvalue weighted by atomic mass is 10.1. The molecule has 0 aliphatic carbocycles. The summed E-state index contributed by atoms with van der Waals surface area (Å²) in [6, 6.07) is 22.5. The van der Waals surface area contributed by atoms with Gasteiger partial charge in [-0.05, 0) is 61.5 Å². The van der Waals surface area contributed by atoms with Crippen LogP contribution in [0.25, 0.3) is 10.9 Å². The molecule has 0 amide bonds. The smallest absolute Gasteiger partial charge is 0.141 e. The second kappa shape index (κ2) is 9.26. The predicted octanol–water partition coefficient (Wildman–Crippen LogP) is 4.23. The molecule has 6 nitrogen and oxygen atoms in total. The van der Waals surface area contributed by atoms with Gasteiger partial charge in [0.2, 0.25) is 0 Å². The lowest BCUT2D eigenvalue weighted by Crippen LogP contribution is -2.29. The first-order valence-electron chi connectivity index (χ1n) is 9.88. The third kappa shape index (κ3) is 5.17. The van der Waals surface area contributed by atoms with Crippen molar-refractivity contribution in [1.82, 2.24) is 9.97 Å². The number of hydrogen-bond donors (Lipinski definition) is 3. The monoisotopic (exact) mass is 410 g/mol. The summed E-state index contributed by atoms with van der Waals surface area (Å²) in [4.78, 5) is 8.71. The Labute approximate surface area is 180 Å². The van der Waals surface area contributed by atoms with Gasteiger partial charge in [-0.1, -0.05) is 30.0 Å². The fourth-order valence-electron chi connectivity index (χ4n) is 2.89. The summed E-state index contributed by atoms with van der Waals surface area (Å²) in [6.07, 6.45) is 0.639. The molecule has 1 aromatic heterocycles. The Bertz CT molecular complexity index is 1230. The number of nitrogens with one attached hydrogen (secondary N) is 1. The summed E-state index contributed by atoms with van der Waals surface area (Å²) in [6.45, 7) is 1.71. The summed E-state index contributed by atoms with van der Waals surface area (Å²) < 4.78 is 5.83. The zero-order valence-corrected chi connectivity index (χ0v) is 17.0. The fourth-order valence-corrected chi connectivity index (χ4v) is 2.89. The van der Waals surface area contributed by atoms with Crippen LogP contribution >= 0.6 is 0 Å². The van der Waals surface area contributed by atoms with E-state index in [1.807, 2.05) is 72.8 Å². The Kier molecular flexibility index (Phi) is 6.08. The summed E-state index contributed by atoms with van der Waals surface area (Å²) >= 11 is 0. The minimum atomic E-state index is -0.878. The zero-order valence-electron chi connectivity index (χ0n) is 17.0. The highest BCUT2D eigenvalue weighted by molar-refractivity contribution is 5.91. The number of aliphatic hydroxyl groups is 1. The average Bonchev–Trinajstić information content (AvgIpc) is 2.79. The number of rotatable bonds is 5. The van der Waals surface area contributed by atoms with Gasteiger partial charge in [-0.2, -0.15) is 0 Å². The molecule has 0 bridgehead atoms. The molecule has 4 N–H and O–H groups in total. The Morgan fingerprint density at radius 1 is 0.968 bits per heavy atom. The highest BCUT2D eigenvalue weighted by atomic mass is 16.5. The molecule has 31 heavy (non-hydrogen) atoms. The summed E-state index contributed by atoms with van der Waals surface area (Å²) in [5.41, 5.74) is 8.07. The molecule has 6 heteroatoms. The van der Waals surface area contributed by atoms with Crippen LogP contribution in [0.5, 0.6) is 11.5 Å². The maximum atomic E-state index is 9.82. The van der Waals surface area contributed by atoms with Crippen LogP contribution < -0.4 is 15.8 Å². The van der Waals surface area contributed by atoms with Gasteiger partial charge in [0.25, 0.3) is 0 Å². The van der Waals surface area contributed by atoms with Gasteiger partial charge in [0.15, 0.2) is 0 Å². The fraction of sp³-hybridized carbons (Fsp3) is 0.120. The first-order valence-corrected chi connectivity index (χ1v) is 9.88. The van der Waals surface area contributed by atoms with Crippen LogP contribution in [-0.2, 0) is 0 Å². The highest BCUT2D eigenvalue weighted by Crippen LogP contribution is 2.27. The van der Waals surface area contributed by atoms with E-state index in [1.165, 1.54) is 6.33 Å². The molecule has 0 radical (unpaired) electrons. The quantitative estimate of drug-likeness (QED) is 0.427. The summed E-state index contributed by atoms with van der Waals surface area (Å²) in [5, 5.41) is 14.0. The topological polar surface area (TPSA) is 93.3 Å². The van der Waals surface area contributed by atoms with Crippen molar-refractivity contribution in [2.45, 2.75) is 19.1 Å². The van der Waals surface area contributed by atoms with E-state index in [-0.39, 0.29) is 0 Å². The van der Waals surface area contributed by atoms with Gasteiger partial charge in [-0.3, -0.25) is 0 Å². The second-order valence-electron chi connectivity index (χ2n) is 7.09. The SMILES string of the molecule is CC(N)C(O)C#Cc1ccc2ncnc(Nc3ccc(Oc4ccccc4)cc3)c2c1. The van der Waals surface area contributed by atoms with Crippen molar-refractivity contribution in [2.24, 2.45) is 5.73 Å². The van der Waals surface area contributed by atoms with Crippen LogP contribution in [0.3, 0.4) is 0 Å². The molecule has 0 fully saturated rings. The molecule has 0 aliphatic rings. The Morgan fingerprint density at radius 3 is 2.45 bits per heavy atom. The van der Waals surface area contributed by atoms with Crippen LogP contribution in [0, 0.1) is 11.8 Å². The van der Waals surface area contributed by atoms with Gasteiger partial charge in [-0.25, -0.2) is 9.97 Å². The van der Waals surface area contributed by atoms with Crippen LogP contribution in [0.15, 0.2) is 79.1 Å². The van der Waals surface area contributed by atoms with Crippen molar-refractivity contribution in [3.63, 3.8) is 0 Å². The molecular weight excluding hydrogens is 388 g/mol.